The van der Waals surface area contributed by atoms with E-state index in [0.29, 0.717) is 0 Å². The van der Waals surface area contributed by atoms with Gasteiger partial charge in [-0.3, -0.25) is 22.9 Å². The van der Waals surface area contributed by atoms with Gasteiger partial charge in [-0.25, -0.2) is 9.13 Å². The number of hydrogen-bond acceptors (Lipinski definition) is 11. The number of aliphatic hydroxyl groups excluding tert-OH is 1. The van der Waals surface area contributed by atoms with E-state index in [1.165, 1.54) is 11.8 Å². The van der Waals surface area contributed by atoms with Crippen molar-refractivity contribution in [3.63, 3.8) is 0 Å². The molecular weight excluding hydrogens is 512 g/mol. The summed E-state index contributed by atoms with van der Waals surface area (Å²) in [7, 11) is -8.45. The SMILES string of the molecule is CC(=O)N1C[C@H](O)C[C@H]1COP(=O)(O)OCCOCCOCCOCCOP(=O)(O)OC(C)(C)C. The lowest BCUT2D eigenvalue weighted by atomic mass is 10.2. The minimum absolute atomic E-state index is 0.0324. The van der Waals surface area contributed by atoms with E-state index in [-0.39, 0.29) is 78.3 Å². The molecule has 1 fully saturated rings. The third-order valence-corrected chi connectivity index (χ3v) is 6.60. The Labute approximate surface area is 206 Å². The van der Waals surface area contributed by atoms with E-state index < -0.39 is 33.4 Å². The number of carbonyl (C=O) groups excluding carboxylic acids is 1. The Morgan fingerprint density at radius 1 is 0.857 bits per heavy atom. The Bertz CT molecular complexity index is 717. The number of ether oxygens (including phenoxy) is 3. The first kappa shape index (κ1) is 32.6. The number of likely N-dealkylation sites (tertiary alicyclic amines) is 1. The van der Waals surface area contributed by atoms with Crippen LogP contribution < -0.4 is 0 Å². The van der Waals surface area contributed by atoms with Crippen LogP contribution in [0.25, 0.3) is 0 Å². The van der Waals surface area contributed by atoms with Crippen LogP contribution in [-0.4, -0.2) is 109 Å². The number of amides is 1. The first-order valence-electron chi connectivity index (χ1n) is 11.2. The molecule has 0 spiro atoms. The highest BCUT2D eigenvalue weighted by Crippen LogP contribution is 2.47. The molecule has 1 rings (SSSR count). The van der Waals surface area contributed by atoms with Crippen LogP contribution in [-0.2, 0) is 46.2 Å². The number of carbonyl (C=O) groups is 1. The molecule has 0 radical (unpaired) electrons. The lowest BCUT2D eigenvalue weighted by molar-refractivity contribution is -0.130. The summed E-state index contributed by atoms with van der Waals surface area (Å²) >= 11 is 0. The van der Waals surface area contributed by atoms with Crippen LogP contribution in [0.5, 0.6) is 0 Å². The Balaban J connectivity index is 1.98. The predicted octanol–water partition coefficient (Wildman–Crippen LogP) is 1.08. The highest BCUT2D eigenvalue weighted by molar-refractivity contribution is 7.47. The fraction of sp³-hybridized carbons (Fsp3) is 0.947. The van der Waals surface area contributed by atoms with Crippen molar-refractivity contribution in [3.8, 4) is 0 Å². The largest absolute Gasteiger partial charge is 0.472 e. The van der Waals surface area contributed by atoms with Crippen molar-refractivity contribution in [3.05, 3.63) is 0 Å². The maximum absolute atomic E-state index is 11.9. The number of phosphoric ester groups is 2. The summed E-state index contributed by atoms with van der Waals surface area (Å²) in [5.74, 6) is -0.250. The van der Waals surface area contributed by atoms with Gasteiger partial charge in [-0.2, -0.15) is 0 Å². The smallest absolute Gasteiger partial charge is 0.391 e. The molecule has 35 heavy (non-hydrogen) atoms. The molecule has 0 aliphatic carbocycles. The van der Waals surface area contributed by atoms with Gasteiger partial charge >= 0.3 is 15.6 Å². The van der Waals surface area contributed by atoms with E-state index >= 15 is 0 Å². The van der Waals surface area contributed by atoms with Crippen molar-refractivity contribution >= 4 is 21.6 Å². The molecule has 1 heterocycles. The Morgan fingerprint density at radius 2 is 1.31 bits per heavy atom. The molecule has 1 aliphatic rings. The molecule has 208 valence electrons. The van der Waals surface area contributed by atoms with Gasteiger partial charge in [-0.15, -0.1) is 0 Å². The summed E-state index contributed by atoms with van der Waals surface area (Å²) in [6, 6.07) is -0.490. The molecule has 0 aromatic rings. The van der Waals surface area contributed by atoms with Gasteiger partial charge in [0.25, 0.3) is 0 Å². The van der Waals surface area contributed by atoms with Crippen molar-refractivity contribution in [2.75, 3.05) is 66.0 Å². The average Bonchev–Trinajstić information content (AvgIpc) is 3.09. The lowest BCUT2D eigenvalue weighted by Gasteiger charge is -2.23. The fourth-order valence-corrected chi connectivity index (χ4v) is 4.78. The second-order valence-corrected chi connectivity index (χ2v) is 11.5. The molecule has 16 heteroatoms. The molecule has 3 N–H and O–H groups in total. The maximum atomic E-state index is 11.9. The minimum atomic E-state index is -4.32. The summed E-state index contributed by atoms with van der Waals surface area (Å²) < 4.78 is 58.8. The number of hydrogen-bond donors (Lipinski definition) is 3. The highest BCUT2D eigenvalue weighted by Gasteiger charge is 2.35. The standard InChI is InChI=1S/C19H39NO13P2/c1-16(21)20-14-18(22)13-17(20)15-32-34(23,24)30-11-9-28-7-5-27-6-8-29-10-12-31-35(25,26)33-19(2,3)4/h17-18,22H,5-15H2,1-4H3,(H,23,24)(H,25,26)/t17-,18+/m0/s1. The van der Waals surface area contributed by atoms with E-state index in [1.54, 1.807) is 20.8 Å². The van der Waals surface area contributed by atoms with E-state index in [4.69, 9.17) is 32.3 Å². The molecule has 1 saturated heterocycles. The van der Waals surface area contributed by atoms with E-state index in [1.807, 2.05) is 0 Å². The molecule has 4 atom stereocenters. The Morgan fingerprint density at radius 3 is 1.77 bits per heavy atom. The van der Waals surface area contributed by atoms with Gasteiger partial charge in [0.1, 0.15) is 0 Å². The molecule has 0 aromatic carbocycles. The molecule has 1 amide bonds. The molecule has 0 saturated carbocycles. The van der Waals surface area contributed by atoms with Gasteiger partial charge in [-0.1, -0.05) is 0 Å². The zero-order valence-electron chi connectivity index (χ0n) is 20.7. The van der Waals surface area contributed by atoms with E-state index in [0.717, 1.165) is 0 Å². The molecule has 0 bridgehead atoms. The summed E-state index contributed by atoms with van der Waals surface area (Å²) in [6.45, 7) is 7.01. The van der Waals surface area contributed by atoms with Gasteiger partial charge < -0.3 is 34.0 Å². The third kappa shape index (κ3) is 16.1. The lowest BCUT2D eigenvalue weighted by Crippen LogP contribution is -2.36. The fourth-order valence-electron chi connectivity index (χ4n) is 2.99. The molecule has 1 aliphatic heterocycles. The molecular formula is C19H39NO13P2. The van der Waals surface area contributed by atoms with E-state index in [2.05, 4.69) is 0 Å². The first-order chi connectivity index (χ1) is 16.2. The van der Waals surface area contributed by atoms with Gasteiger partial charge in [0.15, 0.2) is 0 Å². The number of nitrogens with zero attached hydrogens (tertiary/aromatic N) is 1. The number of phosphoric acid groups is 2. The first-order valence-corrected chi connectivity index (χ1v) is 14.2. The Hall–Kier alpha value is -0.470. The van der Waals surface area contributed by atoms with Crippen molar-refractivity contribution in [2.24, 2.45) is 0 Å². The van der Waals surface area contributed by atoms with Gasteiger partial charge in [0, 0.05) is 13.5 Å². The van der Waals surface area contributed by atoms with Gasteiger partial charge in [0.05, 0.1) is 77.2 Å². The third-order valence-electron chi connectivity index (χ3n) is 4.32. The van der Waals surface area contributed by atoms with Crippen molar-refractivity contribution < 1.29 is 61.1 Å². The zero-order chi connectivity index (χ0) is 26.5. The second kappa shape index (κ2) is 15.7. The van der Waals surface area contributed by atoms with Crippen LogP contribution in [0.4, 0.5) is 0 Å². The van der Waals surface area contributed by atoms with Crippen LogP contribution in [0.15, 0.2) is 0 Å². The van der Waals surface area contributed by atoms with Crippen LogP contribution in [0.2, 0.25) is 0 Å². The van der Waals surface area contributed by atoms with Gasteiger partial charge in [0.2, 0.25) is 5.91 Å². The molecule has 14 nitrogen and oxygen atoms in total. The number of β-amino-alcohol motifs (C(OH)–C–C–N with tert-alkyl or cyclic N) is 1. The minimum Gasteiger partial charge on any atom is -0.391 e. The summed E-state index contributed by atoms with van der Waals surface area (Å²) in [5, 5.41) is 9.66. The van der Waals surface area contributed by atoms with Crippen LogP contribution in [0.1, 0.15) is 34.1 Å². The van der Waals surface area contributed by atoms with Crippen molar-refractivity contribution in [1.82, 2.24) is 4.90 Å². The molecule has 2 unspecified atom stereocenters. The average molecular weight is 551 g/mol. The van der Waals surface area contributed by atoms with Crippen molar-refractivity contribution in [1.29, 1.82) is 0 Å². The Kier molecular flexibility index (Phi) is 14.6. The maximum Gasteiger partial charge on any atom is 0.472 e. The van der Waals surface area contributed by atoms with Crippen LogP contribution in [0, 0.1) is 0 Å². The summed E-state index contributed by atoms with van der Waals surface area (Å²) in [4.78, 5) is 32.2. The second-order valence-electron chi connectivity index (χ2n) is 8.65. The quantitative estimate of drug-likeness (QED) is 0.163. The van der Waals surface area contributed by atoms with Crippen LogP contribution >= 0.6 is 15.6 Å². The summed E-state index contributed by atoms with van der Waals surface area (Å²) in [5.41, 5.74) is -0.807. The number of rotatable bonds is 18. The highest BCUT2D eigenvalue weighted by atomic mass is 31.2. The monoisotopic (exact) mass is 551 g/mol. The topological polar surface area (TPSA) is 180 Å². The normalized spacial score (nSPS) is 22.2. The van der Waals surface area contributed by atoms with Gasteiger partial charge in [-0.05, 0) is 27.2 Å². The predicted molar refractivity (Wildman–Crippen MR) is 123 cm³/mol. The molecule has 0 aromatic heterocycles. The van der Waals surface area contributed by atoms with Crippen LogP contribution in [0.3, 0.4) is 0 Å². The van der Waals surface area contributed by atoms with Crippen molar-refractivity contribution in [2.45, 2.75) is 51.9 Å². The number of aliphatic hydroxyl groups is 1. The summed E-state index contributed by atoms with van der Waals surface area (Å²) in [6.07, 6.45) is -0.429. The zero-order valence-corrected chi connectivity index (χ0v) is 22.5. The van der Waals surface area contributed by atoms with E-state index in [9.17, 15) is 28.8 Å².